The number of aromatic carboxylic acids is 1. The number of aliphatic hydroxyl groups is 1. The first-order chi connectivity index (χ1) is 17.8. The van der Waals surface area contributed by atoms with Crippen molar-refractivity contribution in [3.05, 3.63) is 82.9 Å². The maximum absolute atomic E-state index is 13.2. The summed E-state index contributed by atoms with van der Waals surface area (Å²) in [4.78, 5) is 28.8. The second-order valence-electron chi connectivity index (χ2n) is 11.9. The highest BCUT2D eigenvalue weighted by atomic mass is 28.3. The molecule has 3 aromatic rings. The van der Waals surface area contributed by atoms with Crippen molar-refractivity contribution in [1.29, 1.82) is 0 Å². The van der Waals surface area contributed by atoms with Crippen LogP contribution in [0.5, 0.6) is 0 Å². The lowest BCUT2D eigenvalue weighted by molar-refractivity contribution is 0.0230. The maximum Gasteiger partial charge on any atom is 0.335 e. The minimum Gasteiger partial charge on any atom is -0.478 e. The van der Waals surface area contributed by atoms with Gasteiger partial charge in [-0.2, -0.15) is 0 Å². The summed E-state index contributed by atoms with van der Waals surface area (Å²) in [7, 11) is -1.22. The molecule has 2 aromatic carbocycles. The fourth-order valence-corrected chi connectivity index (χ4v) is 5.59. The normalized spacial score (nSPS) is 18.6. The summed E-state index contributed by atoms with van der Waals surface area (Å²) in [6, 6.07) is 12.5. The molecule has 0 bridgehead atoms. The van der Waals surface area contributed by atoms with E-state index in [9.17, 15) is 14.7 Å². The van der Waals surface area contributed by atoms with Crippen molar-refractivity contribution in [2.45, 2.75) is 70.1 Å². The summed E-state index contributed by atoms with van der Waals surface area (Å²) < 4.78 is 7.81. The highest BCUT2D eigenvalue weighted by Gasteiger charge is 2.45. The molecule has 0 aliphatic heterocycles. The summed E-state index contributed by atoms with van der Waals surface area (Å²) in [6.07, 6.45) is 4.70. The van der Waals surface area contributed by atoms with E-state index in [4.69, 9.17) is 9.84 Å². The number of carbonyl (C=O) groups excluding carboxylic acids is 1. The number of rotatable bonds is 9. The molecule has 202 valence electrons. The van der Waals surface area contributed by atoms with Crippen molar-refractivity contribution in [3.63, 3.8) is 0 Å². The van der Waals surface area contributed by atoms with Crippen LogP contribution in [-0.2, 0) is 22.5 Å². The predicted octanol–water partition coefficient (Wildman–Crippen LogP) is 5.45. The smallest absolute Gasteiger partial charge is 0.335 e. The number of hydrogen-bond donors (Lipinski definition) is 3. The molecule has 4 rings (SSSR count). The number of nitrogens with one attached hydrogen (secondary N) is 1. The van der Waals surface area contributed by atoms with Gasteiger partial charge >= 0.3 is 5.97 Å². The number of anilines is 1. The second kappa shape index (κ2) is 10.5. The van der Waals surface area contributed by atoms with E-state index in [0.29, 0.717) is 42.4 Å². The highest BCUT2D eigenvalue weighted by molar-refractivity contribution is 6.76. The lowest BCUT2D eigenvalue weighted by Gasteiger charge is -2.42. The average molecular weight is 536 g/mol. The van der Waals surface area contributed by atoms with Gasteiger partial charge in [-0.25, -0.2) is 9.78 Å². The van der Waals surface area contributed by atoms with Gasteiger partial charge in [0.15, 0.2) is 0 Å². The number of nitrogens with zero attached hydrogens (tertiary/aromatic N) is 2. The van der Waals surface area contributed by atoms with Gasteiger partial charge in [-0.1, -0.05) is 39.6 Å². The molecule has 1 aliphatic rings. The van der Waals surface area contributed by atoms with Gasteiger partial charge in [0.1, 0.15) is 18.2 Å². The van der Waals surface area contributed by atoms with E-state index >= 15 is 0 Å². The lowest BCUT2D eigenvalue weighted by atomic mass is 9.66. The van der Waals surface area contributed by atoms with Crippen LogP contribution in [-0.4, -0.2) is 46.3 Å². The van der Waals surface area contributed by atoms with Crippen LogP contribution >= 0.6 is 0 Å². The Morgan fingerprint density at radius 3 is 2.39 bits per heavy atom. The number of fused-ring (bicyclic) bond motifs is 1. The molecule has 0 radical (unpaired) electrons. The monoisotopic (exact) mass is 535 g/mol. The van der Waals surface area contributed by atoms with Crippen LogP contribution < -0.4 is 5.32 Å². The van der Waals surface area contributed by atoms with Crippen molar-refractivity contribution in [3.8, 4) is 0 Å². The average Bonchev–Trinajstić information content (AvgIpc) is 3.33. The fraction of sp³-hybridized carbons (Fsp3) is 0.414. The Labute approximate surface area is 224 Å². The summed E-state index contributed by atoms with van der Waals surface area (Å²) >= 11 is 0. The van der Waals surface area contributed by atoms with Crippen LogP contribution in [0, 0.1) is 0 Å². The third-order valence-corrected chi connectivity index (χ3v) is 8.97. The third kappa shape index (κ3) is 5.90. The van der Waals surface area contributed by atoms with Gasteiger partial charge in [0.25, 0.3) is 5.91 Å². The summed E-state index contributed by atoms with van der Waals surface area (Å²) in [5.74, 6) is -0.872. The molecule has 0 fully saturated rings. The number of carbonyl (C=O) groups is 2. The standard InChI is InChI=1S/C29H37N3O5Si/c1-28(2)12-13-29(36,27-30-14-15-32(27)19-37-16-17-38(3,4)5)24-18-21(8-11-23(24)28)25(33)31-22-9-6-20(7-10-22)26(34)35/h6-11,14-15,18,36H,12-13,16-17,19H2,1-5H3,(H,31,33)(H,34,35). The van der Waals surface area contributed by atoms with Gasteiger partial charge in [-0.15, -0.1) is 0 Å². The molecule has 0 spiro atoms. The van der Waals surface area contributed by atoms with Gasteiger partial charge in [0.05, 0.1) is 5.56 Å². The van der Waals surface area contributed by atoms with Crippen molar-refractivity contribution in [1.82, 2.24) is 9.55 Å². The first-order valence-corrected chi connectivity index (χ1v) is 16.6. The molecule has 0 saturated heterocycles. The Hall–Kier alpha value is -3.27. The molecule has 0 saturated carbocycles. The molecule has 8 nitrogen and oxygen atoms in total. The molecule has 1 atom stereocenters. The molecule has 1 aliphatic carbocycles. The van der Waals surface area contributed by atoms with Crippen LogP contribution in [0.15, 0.2) is 54.9 Å². The molecule has 1 unspecified atom stereocenters. The second-order valence-corrected chi connectivity index (χ2v) is 17.5. The number of carboxylic acid groups (broad SMARTS) is 1. The molecule has 1 heterocycles. The van der Waals surface area contributed by atoms with Crippen LogP contribution in [0.4, 0.5) is 5.69 Å². The Balaban J connectivity index is 1.63. The number of carboxylic acids is 1. The van der Waals surface area contributed by atoms with Crippen LogP contribution in [0.3, 0.4) is 0 Å². The molecule has 1 aromatic heterocycles. The van der Waals surface area contributed by atoms with Gasteiger partial charge in [-0.05, 0) is 71.8 Å². The van der Waals surface area contributed by atoms with Crippen molar-refractivity contribution < 1.29 is 24.5 Å². The zero-order chi connectivity index (χ0) is 27.7. The quantitative estimate of drug-likeness (QED) is 0.248. The van der Waals surface area contributed by atoms with Crippen molar-refractivity contribution in [2.75, 3.05) is 11.9 Å². The third-order valence-electron chi connectivity index (χ3n) is 7.27. The van der Waals surface area contributed by atoms with E-state index in [1.165, 1.54) is 12.1 Å². The van der Waals surface area contributed by atoms with Gasteiger partial charge in [0, 0.05) is 38.3 Å². The van der Waals surface area contributed by atoms with Gasteiger partial charge in [-0.3, -0.25) is 4.79 Å². The van der Waals surface area contributed by atoms with Crippen molar-refractivity contribution in [2.24, 2.45) is 0 Å². The molecular formula is C29H37N3O5Si. The Morgan fingerprint density at radius 2 is 1.74 bits per heavy atom. The fourth-order valence-electron chi connectivity index (χ4n) is 4.83. The number of benzene rings is 2. The zero-order valence-corrected chi connectivity index (χ0v) is 23.7. The van der Waals surface area contributed by atoms with Crippen molar-refractivity contribution >= 4 is 25.6 Å². The first-order valence-electron chi connectivity index (χ1n) is 12.9. The molecule has 9 heteroatoms. The Kier molecular flexibility index (Phi) is 7.65. The maximum atomic E-state index is 13.2. The molecule has 1 amide bonds. The predicted molar refractivity (Wildman–Crippen MR) is 149 cm³/mol. The van der Waals surface area contributed by atoms with E-state index < -0.39 is 19.6 Å². The number of ether oxygens (including phenoxy) is 1. The Bertz CT molecular complexity index is 1330. The molecule has 3 N–H and O–H groups in total. The van der Waals surface area contributed by atoms with E-state index in [0.717, 1.165) is 18.0 Å². The van der Waals surface area contributed by atoms with E-state index in [2.05, 4.69) is 43.8 Å². The van der Waals surface area contributed by atoms with E-state index in [1.807, 2.05) is 16.8 Å². The van der Waals surface area contributed by atoms with Crippen LogP contribution in [0.2, 0.25) is 25.7 Å². The molecule has 38 heavy (non-hydrogen) atoms. The number of aromatic nitrogens is 2. The SMILES string of the molecule is CC1(C)CCC(O)(c2nccn2COCC[Si](C)(C)C)c2cc(C(=O)Nc3ccc(C(=O)O)cc3)ccc21. The van der Waals surface area contributed by atoms with Crippen LogP contribution in [0.1, 0.15) is 64.4 Å². The molecular weight excluding hydrogens is 498 g/mol. The summed E-state index contributed by atoms with van der Waals surface area (Å²) in [6.45, 7) is 12.2. The number of imidazole rings is 1. The summed E-state index contributed by atoms with van der Waals surface area (Å²) in [5.41, 5.74) is 1.10. The summed E-state index contributed by atoms with van der Waals surface area (Å²) in [5, 5.41) is 24.1. The van der Waals surface area contributed by atoms with E-state index in [1.54, 1.807) is 30.5 Å². The Morgan fingerprint density at radius 1 is 1.05 bits per heavy atom. The largest absolute Gasteiger partial charge is 0.478 e. The zero-order valence-electron chi connectivity index (χ0n) is 22.7. The lowest BCUT2D eigenvalue weighted by Crippen LogP contribution is -2.41. The number of amides is 1. The first kappa shape index (κ1) is 27.8. The van der Waals surface area contributed by atoms with Gasteiger partial charge < -0.3 is 24.8 Å². The van der Waals surface area contributed by atoms with E-state index in [-0.39, 0.29) is 16.9 Å². The topological polar surface area (TPSA) is 114 Å². The minimum atomic E-state index is -1.38. The van der Waals surface area contributed by atoms with Crippen LogP contribution in [0.25, 0.3) is 0 Å². The number of hydrogen-bond acceptors (Lipinski definition) is 5. The highest BCUT2D eigenvalue weighted by Crippen LogP contribution is 2.47. The van der Waals surface area contributed by atoms with Gasteiger partial charge in [0.2, 0.25) is 0 Å². The minimum absolute atomic E-state index is 0.143.